The molecule has 7 heteroatoms. The molecule has 0 atom stereocenters. The van der Waals surface area contributed by atoms with Gasteiger partial charge in [-0.1, -0.05) is 0 Å². The largest absolute Gasteiger partial charge is 0.390 e. The van der Waals surface area contributed by atoms with Gasteiger partial charge in [-0.3, -0.25) is 0 Å². The molecule has 1 aliphatic rings. The highest BCUT2D eigenvalue weighted by molar-refractivity contribution is 5.48. The van der Waals surface area contributed by atoms with E-state index >= 15 is 0 Å². The number of hydrogen-bond donors (Lipinski definition) is 3. The highest BCUT2D eigenvalue weighted by atomic mass is 19.3. The first-order valence-electron chi connectivity index (χ1n) is 6.39. The predicted molar refractivity (Wildman–Crippen MR) is 68.7 cm³/mol. The summed E-state index contributed by atoms with van der Waals surface area (Å²) < 4.78 is 26.0. The van der Waals surface area contributed by atoms with Gasteiger partial charge in [-0.2, -0.15) is 0 Å². The van der Waals surface area contributed by atoms with Crippen LogP contribution in [-0.4, -0.2) is 40.7 Å². The maximum atomic E-state index is 13.0. The summed E-state index contributed by atoms with van der Waals surface area (Å²) >= 11 is 0. The Morgan fingerprint density at radius 3 is 2.47 bits per heavy atom. The third-order valence-electron chi connectivity index (χ3n) is 2.80. The van der Waals surface area contributed by atoms with Gasteiger partial charge in [-0.15, -0.1) is 0 Å². The summed E-state index contributed by atoms with van der Waals surface area (Å²) in [4.78, 5) is 8.59. The Bertz CT molecular complexity index is 438. The van der Waals surface area contributed by atoms with Gasteiger partial charge in [-0.05, 0) is 19.8 Å². The topological polar surface area (TPSA) is 70.1 Å². The molecule has 106 valence electrons. The molecule has 0 amide bonds. The lowest BCUT2D eigenvalue weighted by Gasteiger charge is -2.15. The van der Waals surface area contributed by atoms with E-state index in [0.717, 1.165) is 12.8 Å². The number of aromatic nitrogens is 2. The number of hydrogen-bond acceptors (Lipinski definition) is 5. The maximum Gasteiger partial charge on any atom is 0.287 e. The van der Waals surface area contributed by atoms with Crippen molar-refractivity contribution in [2.24, 2.45) is 0 Å². The highest BCUT2D eigenvalue weighted by Gasteiger charge is 2.29. The van der Waals surface area contributed by atoms with Crippen LogP contribution >= 0.6 is 0 Å². The van der Waals surface area contributed by atoms with Crippen LogP contribution in [0.1, 0.15) is 31.5 Å². The molecule has 0 unspecified atom stereocenters. The van der Waals surface area contributed by atoms with Gasteiger partial charge in [0.05, 0.1) is 6.54 Å². The lowest BCUT2D eigenvalue weighted by atomic mass is 10.3. The molecule has 2 rings (SSSR count). The molecule has 0 saturated heterocycles. The molecule has 0 aromatic carbocycles. The van der Waals surface area contributed by atoms with Gasteiger partial charge in [0.15, 0.2) is 0 Å². The summed E-state index contributed by atoms with van der Waals surface area (Å²) in [5.41, 5.74) is 0. The molecule has 3 N–H and O–H groups in total. The summed E-state index contributed by atoms with van der Waals surface area (Å²) in [5, 5.41) is 14.1. The SMILES string of the molecule is CCNc1cc(NCC(F)(F)CO)nc(C2CC2)n1. The molecule has 0 aliphatic heterocycles. The van der Waals surface area contributed by atoms with Gasteiger partial charge in [0, 0.05) is 18.5 Å². The average molecular weight is 272 g/mol. The Hall–Kier alpha value is -1.50. The molecule has 0 radical (unpaired) electrons. The molecular formula is C12H18F2N4O. The monoisotopic (exact) mass is 272 g/mol. The standard InChI is InChI=1S/C12H18F2N4O/c1-2-15-9-5-10(16-6-12(13,14)7-19)18-11(17-9)8-3-4-8/h5,8,19H,2-4,6-7H2,1H3,(H2,15,16,17,18). The Kier molecular flexibility index (Phi) is 4.14. The summed E-state index contributed by atoms with van der Waals surface area (Å²) in [5.74, 6) is -1.12. The third kappa shape index (κ3) is 3.99. The minimum atomic E-state index is -3.15. The first kappa shape index (κ1) is 13.9. The van der Waals surface area contributed by atoms with Crippen molar-refractivity contribution < 1.29 is 13.9 Å². The summed E-state index contributed by atoms with van der Waals surface area (Å²) in [6, 6.07) is 1.60. The van der Waals surface area contributed by atoms with Gasteiger partial charge < -0.3 is 15.7 Å². The zero-order valence-corrected chi connectivity index (χ0v) is 10.8. The quantitative estimate of drug-likeness (QED) is 0.706. The number of halogens is 2. The maximum absolute atomic E-state index is 13.0. The van der Waals surface area contributed by atoms with E-state index in [2.05, 4.69) is 20.6 Å². The second kappa shape index (κ2) is 5.64. The number of nitrogens with one attached hydrogen (secondary N) is 2. The van der Waals surface area contributed by atoms with Gasteiger partial charge in [0.25, 0.3) is 5.92 Å². The fourth-order valence-electron chi connectivity index (χ4n) is 1.63. The van der Waals surface area contributed by atoms with E-state index in [-0.39, 0.29) is 0 Å². The fourth-order valence-corrected chi connectivity index (χ4v) is 1.63. The van der Waals surface area contributed by atoms with E-state index in [0.29, 0.717) is 29.9 Å². The summed E-state index contributed by atoms with van der Waals surface area (Å²) in [7, 11) is 0. The molecule has 0 bridgehead atoms. The number of rotatable bonds is 7. The van der Waals surface area contributed by atoms with Crippen molar-refractivity contribution in [3.63, 3.8) is 0 Å². The number of aliphatic hydroxyl groups is 1. The average Bonchev–Trinajstić information content (AvgIpc) is 3.21. The van der Waals surface area contributed by atoms with Crippen LogP contribution in [0, 0.1) is 0 Å². The lowest BCUT2D eigenvalue weighted by Crippen LogP contribution is -2.31. The molecule has 1 aromatic heterocycles. The molecule has 5 nitrogen and oxygen atoms in total. The van der Waals surface area contributed by atoms with Crippen LogP contribution in [0.5, 0.6) is 0 Å². The van der Waals surface area contributed by atoms with Crippen LogP contribution in [0.25, 0.3) is 0 Å². The Morgan fingerprint density at radius 2 is 1.95 bits per heavy atom. The van der Waals surface area contributed by atoms with E-state index in [9.17, 15) is 8.78 Å². The van der Waals surface area contributed by atoms with E-state index in [1.165, 1.54) is 0 Å². The van der Waals surface area contributed by atoms with Crippen molar-refractivity contribution in [3.05, 3.63) is 11.9 Å². The number of aliphatic hydroxyl groups excluding tert-OH is 1. The van der Waals surface area contributed by atoms with Gasteiger partial charge in [0.1, 0.15) is 24.1 Å². The van der Waals surface area contributed by atoms with E-state index in [1.54, 1.807) is 6.07 Å². The van der Waals surface area contributed by atoms with Crippen molar-refractivity contribution in [1.29, 1.82) is 0 Å². The molecular weight excluding hydrogens is 254 g/mol. The predicted octanol–water partition coefficient (Wildman–Crippen LogP) is 1.83. The first-order chi connectivity index (χ1) is 9.04. The van der Waals surface area contributed by atoms with Crippen molar-refractivity contribution in [3.8, 4) is 0 Å². The molecule has 1 saturated carbocycles. The van der Waals surface area contributed by atoms with Crippen LogP contribution < -0.4 is 10.6 Å². The zero-order chi connectivity index (χ0) is 13.9. The Labute approximate surface area is 110 Å². The minimum absolute atomic E-state index is 0.345. The van der Waals surface area contributed by atoms with Crippen molar-refractivity contribution in [2.45, 2.75) is 31.6 Å². The van der Waals surface area contributed by atoms with E-state index in [4.69, 9.17) is 5.11 Å². The smallest absolute Gasteiger partial charge is 0.287 e. The highest BCUT2D eigenvalue weighted by Crippen LogP contribution is 2.38. The lowest BCUT2D eigenvalue weighted by molar-refractivity contribution is -0.0373. The van der Waals surface area contributed by atoms with Crippen LogP contribution in [-0.2, 0) is 0 Å². The fraction of sp³-hybridized carbons (Fsp3) is 0.667. The molecule has 1 aliphatic carbocycles. The molecule has 1 fully saturated rings. The zero-order valence-electron chi connectivity index (χ0n) is 10.8. The second-order valence-electron chi connectivity index (χ2n) is 4.67. The summed E-state index contributed by atoms with van der Waals surface area (Å²) in [6.07, 6.45) is 2.09. The van der Waals surface area contributed by atoms with Crippen molar-refractivity contribution >= 4 is 11.6 Å². The van der Waals surface area contributed by atoms with Gasteiger partial charge in [-0.25, -0.2) is 18.7 Å². The first-order valence-corrected chi connectivity index (χ1v) is 6.39. The van der Waals surface area contributed by atoms with Crippen molar-refractivity contribution in [2.75, 3.05) is 30.3 Å². The molecule has 0 spiro atoms. The second-order valence-corrected chi connectivity index (χ2v) is 4.67. The van der Waals surface area contributed by atoms with E-state index < -0.39 is 19.1 Å². The van der Waals surface area contributed by atoms with Crippen LogP contribution in [0.4, 0.5) is 20.4 Å². The van der Waals surface area contributed by atoms with Gasteiger partial charge in [0.2, 0.25) is 0 Å². The van der Waals surface area contributed by atoms with Crippen molar-refractivity contribution in [1.82, 2.24) is 9.97 Å². The molecule has 1 aromatic rings. The number of nitrogens with zero attached hydrogens (tertiary/aromatic N) is 2. The third-order valence-corrected chi connectivity index (χ3v) is 2.80. The Morgan fingerprint density at radius 1 is 1.32 bits per heavy atom. The van der Waals surface area contributed by atoms with Gasteiger partial charge >= 0.3 is 0 Å². The van der Waals surface area contributed by atoms with E-state index in [1.807, 2.05) is 6.92 Å². The van der Waals surface area contributed by atoms with Crippen LogP contribution in [0.2, 0.25) is 0 Å². The minimum Gasteiger partial charge on any atom is -0.390 e. The van der Waals surface area contributed by atoms with Crippen LogP contribution in [0.3, 0.4) is 0 Å². The van der Waals surface area contributed by atoms with Crippen LogP contribution in [0.15, 0.2) is 6.07 Å². The normalized spacial score (nSPS) is 15.4. The summed E-state index contributed by atoms with van der Waals surface area (Å²) in [6.45, 7) is 0.816. The Balaban J connectivity index is 2.09. The number of alkyl halides is 2. The number of anilines is 2. The molecule has 19 heavy (non-hydrogen) atoms. The molecule has 1 heterocycles.